The minimum atomic E-state index is -0.242. The van der Waals surface area contributed by atoms with Crippen molar-refractivity contribution in [2.45, 2.75) is 104 Å². The molecule has 0 radical (unpaired) electrons. The van der Waals surface area contributed by atoms with Gasteiger partial charge in [0, 0.05) is 60.6 Å². The Hall–Kier alpha value is -2.67. The molecule has 0 saturated heterocycles. The molecule has 4 aliphatic carbocycles. The number of rotatable bonds is 7. The zero-order valence-corrected chi connectivity index (χ0v) is 27.4. The van der Waals surface area contributed by atoms with Crippen molar-refractivity contribution in [2.24, 2.45) is 39.7 Å². The summed E-state index contributed by atoms with van der Waals surface area (Å²) in [4.78, 5) is 33.3. The summed E-state index contributed by atoms with van der Waals surface area (Å²) in [6.45, 7) is 9.27. The van der Waals surface area contributed by atoms with Crippen LogP contribution in [-0.2, 0) is 28.9 Å². The lowest BCUT2D eigenvalue weighted by Crippen LogP contribution is -2.53. The SMILES string of the molecule is C[C@]12CCC(=O)C[C@@H]1CC[C@@H]1[C@@H]2CC[C@]2(C)/C(=N\OCCNCCc3cc(=O)oc4c5c6c(cc34)CCCN6CCC5)CC[C@@H]12. The number of carbonyl (C=O) groups excluding carboxylic acids is 1. The van der Waals surface area contributed by atoms with Crippen molar-refractivity contribution < 1.29 is 14.0 Å². The van der Waals surface area contributed by atoms with Gasteiger partial charge in [-0.1, -0.05) is 19.0 Å². The van der Waals surface area contributed by atoms with Crippen LogP contribution in [0.25, 0.3) is 11.0 Å². The smallest absolute Gasteiger partial charge is 0.336 e. The Kier molecular flexibility index (Phi) is 7.62. The van der Waals surface area contributed by atoms with Gasteiger partial charge in [-0.3, -0.25) is 4.79 Å². The fourth-order valence-electron chi connectivity index (χ4n) is 11.3. The second kappa shape index (κ2) is 11.5. The number of anilines is 1. The van der Waals surface area contributed by atoms with Crippen molar-refractivity contribution in [3.05, 3.63) is 39.2 Å². The Bertz CT molecular complexity index is 1580. The Morgan fingerprint density at radius 1 is 0.978 bits per heavy atom. The second-order valence-corrected chi connectivity index (χ2v) is 15.8. The van der Waals surface area contributed by atoms with E-state index < -0.39 is 0 Å². The number of fused-ring (bicyclic) bond motifs is 7. The van der Waals surface area contributed by atoms with E-state index in [1.54, 1.807) is 6.07 Å². The van der Waals surface area contributed by atoms with Crippen LogP contribution in [0.3, 0.4) is 0 Å². The average molecular weight is 614 g/mol. The highest BCUT2D eigenvalue weighted by Gasteiger charge is 2.59. The van der Waals surface area contributed by atoms with Crippen molar-refractivity contribution in [1.29, 1.82) is 0 Å². The second-order valence-electron chi connectivity index (χ2n) is 15.8. The number of hydrogen-bond acceptors (Lipinski definition) is 7. The third-order valence-corrected chi connectivity index (χ3v) is 13.7. The van der Waals surface area contributed by atoms with Crippen molar-refractivity contribution >= 4 is 28.2 Å². The van der Waals surface area contributed by atoms with Gasteiger partial charge in [-0.15, -0.1) is 0 Å². The van der Waals surface area contributed by atoms with E-state index in [1.807, 2.05) is 0 Å². The zero-order chi connectivity index (χ0) is 30.8. The molecule has 0 unspecified atom stereocenters. The van der Waals surface area contributed by atoms with Crippen LogP contribution in [0.4, 0.5) is 5.69 Å². The van der Waals surface area contributed by atoms with Crippen LogP contribution in [0.2, 0.25) is 0 Å². The lowest BCUT2D eigenvalue weighted by Gasteiger charge is -2.59. The van der Waals surface area contributed by atoms with E-state index in [9.17, 15) is 9.59 Å². The van der Waals surface area contributed by atoms with E-state index in [1.165, 1.54) is 61.1 Å². The highest BCUT2D eigenvalue weighted by atomic mass is 16.6. The largest absolute Gasteiger partial charge is 0.422 e. The van der Waals surface area contributed by atoms with Gasteiger partial charge in [-0.2, -0.15) is 0 Å². The van der Waals surface area contributed by atoms with E-state index in [4.69, 9.17) is 14.4 Å². The number of aryl methyl sites for hydroxylation is 2. The molecule has 0 spiro atoms. The number of Topliss-reactive ketones (excluding diaryl/α,β-unsaturated/α-hetero) is 1. The van der Waals surface area contributed by atoms with Crippen LogP contribution >= 0.6 is 0 Å². The van der Waals surface area contributed by atoms with Gasteiger partial charge in [0.15, 0.2) is 0 Å². The maximum Gasteiger partial charge on any atom is 0.336 e. The summed E-state index contributed by atoms with van der Waals surface area (Å²) in [7, 11) is 0. The van der Waals surface area contributed by atoms with Crippen LogP contribution < -0.4 is 15.8 Å². The molecule has 4 saturated carbocycles. The van der Waals surface area contributed by atoms with Crippen molar-refractivity contribution in [1.82, 2.24) is 5.32 Å². The molecule has 6 atom stereocenters. The van der Waals surface area contributed by atoms with E-state index in [-0.39, 0.29) is 11.0 Å². The van der Waals surface area contributed by atoms with Crippen molar-refractivity contribution in [3.63, 3.8) is 0 Å². The van der Waals surface area contributed by atoms with Crippen molar-refractivity contribution in [2.75, 3.05) is 37.7 Å². The summed E-state index contributed by atoms with van der Waals surface area (Å²) in [5.41, 5.74) is 7.46. The van der Waals surface area contributed by atoms with Gasteiger partial charge in [-0.05, 0) is 130 Å². The molecule has 8 rings (SSSR count). The summed E-state index contributed by atoms with van der Waals surface area (Å²) in [5.74, 6) is 3.35. The van der Waals surface area contributed by atoms with Gasteiger partial charge >= 0.3 is 5.63 Å². The van der Waals surface area contributed by atoms with Crippen molar-refractivity contribution in [3.8, 4) is 0 Å². The van der Waals surface area contributed by atoms with Crippen LogP contribution in [0.15, 0.2) is 26.5 Å². The Morgan fingerprint density at radius 3 is 2.73 bits per heavy atom. The van der Waals surface area contributed by atoms with Gasteiger partial charge in [0.25, 0.3) is 0 Å². The Labute approximate surface area is 267 Å². The number of nitrogens with zero attached hydrogens (tertiary/aromatic N) is 2. The maximum atomic E-state index is 12.6. The van der Waals surface area contributed by atoms with Gasteiger partial charge in [0.2, 0.25) is 0 Å². The zero-order valence-electron chi connectivity index (χ0n) is 27.4. The molecule has 0 bridgehead atoms. The van der Waals surface area contributed by atoms with Crippen LogP contribution in [-0.4, -0.2) is 44.3 Å². The molecule has 242 valence electrons. The molecule has 1 N–H and O–H groups in total. The number of nitrogens with one attached hydrogen (secondary N) is 1. The lowest BCUT2D eigenvalue weighted by molar-refractivity contribution is -0.136. The fraction of sp³-hybridized carbons (Fsp3) is 0.711. The third-order valence-electron chi connectivity index (χ3n) is 13.7. The quantitative estimate of drug-likeness (QED) is 0.215. The molecule has 2 aliphatic heterocycles. The number of oxime groups is 1. The molecule has 7 nitrogen and oxygen atoms in total. The molecule has 1 aromatic carbocycles. The molecule has 3 heterocycles. The van der Waals surface area contributed by atoms with Gasteiger partial charge in [0.05, 0.1) is 5.71 Å². The van der Waals surface area contributed by atoms with E-state index in [0.29, 0.717) is 29.6 Å². The number of benzene rings is 1. The maximum absolute atomic E-state index is 12.6. The van der Waals surface area contributed by atoms with E-state index in [2.05, 4.69) is 30.1 Å². The van der Waals surface area contributed by atoms with E-state index >= 15 is 0 Å². The van der Waals surface area contributed by atoms with Gasteiger partial charge < -0.3 is 19.5 Å². The minimum Gasteiger partial charge on any atom is -0.422 e. The average Bonchev–Trinajstić information content (AvgIpc) is 3.37. The predicted octanol–water partition coefficient (Wildman–Crippen LogP) is 6.61. The molecule has 1 aromatic heterocycles. The normalized spacial score (nSPS) is 34.8. The summed E-state index contributed by atoms with van der Waals surface area (Å²) in [6.07, 6.45) is 15.2. The molecule has 45 heavy (non-hydrogen) atoms. The lowest BCUT2D eigenvalue weighted by atomic mass is 9.45. The summed E-state index contributed by atoms with van der Waals surface area (Å²) in [5, 5.41) is 9.43. The number of ketones is 1. The fourth-order valence-corrected chi connectivity index (χ4v) is 11.3. The van der Waals surface area contributed by atoms with Gasteiger partial charge in [0.1, 0.15) is 18.0 Å². The number of carbonyl (C=O) groups is 1. The molecule has 0 amide bonds. The van der Waals surface area contributed by atoms with Crippen LogP contribution in [0.5, 0.6) is 0 Å². The topological polar surface area (TPSA) is 84.1 Å². The molecule has 4 fully saturated rings. The highest BCUT2D eigenvalue weighted by molar-refractivity contribution is 5.92. The first-order valence-corrected chi connectivity index (χ1v) is 18.1. The summed E-state index contributed by atoms with van der Waals surface area (Å²) >= 11 is 0. The predicted molar refractivity (Wildman–Crippen MR) is 178 cm³/mol. The first-order valence-electron chi connectivity index (χ1n) is 18.1. The van der Waals surface area contributed by atoms with Crippen LogP contribution in [0, 0.1) is 34.5 Å². The molecular formula is C38H51N3O4. The first kappa shape index (κ1) is 29.7. The standard InChI is InChI=1S/C38H51N3O4/c1-37-14-11-27(42)23-26(37)7-8-28-31-9-10-33(38(31,2)15-12-32(28)37)40-44-20-17-39-16-13-24-22-34(43)45-36-29-6-4-19-41-18-3-5-25(35(29)41)21-30(24)36/h21-22,26,28,31-32,39H,3-20,23H2,1-2H3/b40-33-/t26-,28-,31-,32-,37-,38-/m0/s1. The minimum absolute atomic E-state index is 0.160. The van der Waals surface area contributed by atoms with E-state index in [0.717, 1.165) is 106 Å². The molecular weight excluding hydrogens is 562 g/mol. The first-order chi connectivity index (χ1) is 21.8. The highest BCUT2D eigenvalue weighted by Crippen LogP contribution is 2.65. The third kappa shape index (κ3) is 4.98. The summed E-state index contributed by atoms with van der Waals surface area (Å²) in [6, 6.07) is 4.00. The van der Waals surface area contributed by atoms with Gasteiger partial charge in [-0.25, -0.2) is 4.79 Å². The molecule has 2 aromatic rings. The van der Waals surface area contributed by atoms with Crippen LogP contribution in [0.1, 0.15) is 101 Å². The Balaban J connectivity index is 0.868. The summed E-state index contributed by atoms with van der Waals surface area (Å²) < 4.78 is 5.84. The molecule has 7 heteroatoms. The number of hydrogen-bond donors (Lipinski definition) is 1. The monoisotopic (exact) mass is 613 g/mol. The molecule has 6 aliphatic rings. The Morgan fingerprint density at radius 2 is 1.84 bits per heavy atom.